The van der Waals surface area contributed by atoms with Crippen LogP contribution < -0.4 is 9.64 Å². The molecule has 2 bridgehead atoms. The number of allylic oxidation sites excluding steroid dienone is 1. The van der Waals surface area contributed by atoms with E-state index in [1.54, 1.807) is 11.0 Å². The number of aryl methyl sites for hydroxylation is 1. The highest BCUT2D eigenvalue weighted by Crippen LogP contribution is 2.38. The van der Waals surface area contributed by atoms with Crippen molar-refractivity contribution < 1.29 is 24.2 Å². The molecule has 1 fully saturated rings. The fourth-order valence-corrected chi connectivity index (χ4v) is 5.93. The molecule has 1 atom stereocenters. The molecule has 0 saturated heterocycles. The molecule has 1 amide bonds. The Hall–Kier alpha value is -3.03. The van der Waals surface area contributed by atoms with E-state index in [0.29, 0.717) is 24.5 Å². The maximum Gasteiger partial charge on any atom is 0.343 e. The maximum absolute atomic E-state index is 13.5. The second-order valence-corrected chi connectivity index (χ2v) is 11.5. The molecular weight excluding hydrogens is 528 g/mol. The van der Waals surface area contributed by atoms with E-state index in [9.17, 15) is 14.7 Å². The number of rotatable bonds is 2. The predicted octanol–water partition coefficient (Wildman–Crippen LogP) is 5.54. The Labute approximate surface area is 241 Å². The predicted molar refractivity (Wildman–Crippen MR) is 156 cm³/mol. The topological polar surface area (TPSA) is 79.3 Å². The van der Waals surface area contributed by atoms with E-state index in [-0.39, 0.29) is 18.4 Å². The van der Waals surface area contributed by atoms with E-state index in [1.807, 2.05) is 36.4 Å². The fraction of sp³-hybridized carbons (Fsp3) is 0.500. The summed E-state index contributed by atoms with van der Waals surface area (Å²) in [7, 11) is 1.24. The summed E-state index contributed by atoms with van der Waals surface area (Å²) >= 11 is 6.30. The standard InChI is InChI=1S/C32H39ClN2O5/c1-39-31(37)32(38)21-30(36)35(27-13-14-27)18-7-4-2-3-6-16-34-17-8-5-9-23-19-26(33)12-10-24(23)22-40-29-15-11-25(32)20-28(29)34/h4,7,10-12,15,19-20,27,38H,2-3,5-6,8-9,13-14,16-18,21-22H2,1H3/b7-4+/t32-/m0/s1. The van der Waals surface area contributed by atoms with Gasteiger partial charge in [-0.15, -0.1) is 0 Å². The van der Waals surface area contributed by atoms with Gasteiger partial charge in [-0.05, 0) is 92.3 Å². The van der Waals surface area contributed by atoms with E-state index in [2.05, 4.69) is 11.0 Å². The summed E-state index contributed by atoms with van der Waals surface area (Å²) in [6, 6.07) is 11.4. The molecular formula is C32H39ClN2O5. The molecule has 3 aliphatic rings. The Kier molecular flexibility index (Phi) is 9.01. The summed E-state index contributed by atoms with van der Waals surface area (Å²) in [4.78, 5) is 30.7. The van der Waals surface area contributed by atoms with Crippen LogP contribution in [0.5, 0.6) is 5.75 Å². The van der Waals surface area contributed by atoms with Crippen molar-refractivity contribution in [1.29, 1.82) is 0 Å². The molecule has 2 heterocycles. The fourth-order valence-electron chi connectivity index (χ4n) is 5.73. The van der Waals surface area contributed by atoms with Crippen LogP contribution in [0.1, 0.15) is 68.1 Å². The molecule has 214 valence electrons. The zero-order valence-corrected chi connectivity index (χ0v) is 24.0. The molecule has 8 heteroatoms. The number of methoxy groups -OCH3 is 1. The summed E-state index contributed by atoms with van der Waals surface area (Å²) in [6.45, 7) is 2.48. The summed E-state index contributed by atoms with van der Waals surface area (Å²) < 4.78 is 11.5. The smallest absolute Gasteiger partial charge is 0.343 e. The third-order valence-corrected chi connectivity index (χ3v) is 8.44. The van der Waals surface area contributed by atoms with E-state index < -0.39 is 11.6 Å². The summed E-state index contributed by atoms with van der Waals surface area (Å²) in [5, 5.41) is 12.6. The minimum Gasteiger partial charge on any atom is -0.487 e. The Balaban J connectivity index is 1.55. The van der Waals surface area contributed by atoms with E-state index in [1.165, 1.54) is 12.7 Å². The highest BCUT2D eigenvalue weighted by Gasteiger charge is 2.45. The molecule has 0 spiro atoms. The first-order valence-corrected chi connectivity index (χ1v) is 14.8. The van der Waals surface area contributed by atoms with E-state index in [4.69, 9.17) is 21.1 Å². The summed E-state index contributed by atoms with van der Waals surface area (Å²) in [5.41, 5.74) is 1.32. The molecule has 1 N–H and O–H groups in total. The number of anilines is 1. The lowest BCUT2D eigenvalue weighted by atomic mass is 9.89. The van der Waals surface area contributed by atoms with Gasteiger partial charge in [0.1, 0.15) is 12.4 Å². The van der Waals surface area contributed by atoms with Gasteiger partial charge in [-0.2, -0.15) is 0 Å². The Morgan fingerprint density at radius 2 is 1.85 bits per heavy atom. The van der Waals surface area contributed by atoms with Crippen molar-refractivity contribution in [2.45, 2.75) is 76.0 Å². The van der Waals surface area contributed by atoms with Crippen molar-refractivity contribution in [3.05, 3.63) is 70.3 Å². The van der Waals surface area contributed by atoms with Crippen LogP contribution in [0.25, 0.3) is 0 Å². The molecule has 2 aliphatic heterocycles. The van der Waals surface area contributed by atoms with Crippen LogP contribution >= 0.6 is 11.6 Å². The number of carbonyl (C=O) groups is 2. The van der Waals surface area contributed by atoms with Crippen molar-refractivity contribution in [3.63, 3.8) is 0 Å². The van der Waals surface area contributed by atoms with Crippen LogP contribution in [0, 0.1) is 0 Å². The third kappa shape index (κ3) is 6.47. The lowest BCUT2D eigenvalue weighted by Crippen LogP contribution is -2.44. The number of hydrogen-bond donors (Lipinski definition) is 1. The minimum absolute atomic E-state index is 0.156. The Morgan fingerprint density at radius 3 is 2.62 bits per heavy atom. The number of ether oxygens (including phenoxy) is 2. The largest absolute Gasteiger partial charge is 0.487 e. The lowest BCUT2D eigenvalue weighted by molar-refractivity contribution is -0.168. The van der Waals surface area contributed by atoms with E-state index >= 15 is 0 Å². The molecule has 7 nitrogen and oxygen atoms in total. The van der Waals surface area contributed by atoms with Crippen LogP contribution in [0.3, 0.4) is 0 Å². The number of fused-ring (bicyclic) bond motifs is 2. The van der Waals surface area contributed by atoms with Crippen LogP contribution in [0.4, 0.5) is 5.69 Å². The van der Waals surface area contributed by atoms with Gasteiger partial charge in [-0.25, -0.2) is 4.79 Å². The SMILES string of the molecule is COC(=O)[C@]1(O)CC(=O)N(C2CC2)C/C=C/CCCCN2CCCCc3cc(Cl)ccc3COc3ccc1cc32. The van der Waals surface area contributed by atoms with Crippen LogP contribution in [-0.2, 0) is 33.0 Å². The van der Waals surface area contributed by atoms with Gasteiger partial charge < -0.3 is 24.4 Å². The average molecular weight is 567 g/mol. The van der Waals surface area contributed by atoms with Gasteiger partial charge in [-0.1, -0.05) is 35.9 Å². The number of nitrogens with zero attached hydrogens (tertiary/aromatic N) is 2. The second kappa shape index (κ2) is 12.6. The second-order valence-electron chi connectivity index (χ2n) is 11.1. The maximum atomic E-state index is 13.5. The Bertz CT molecular complexity index is 1260. The van der Waals surface area contributed by atoms with Crippen molar-refractivity contribution in [2.24, 2.45) is 0 Å². The number of benzene rings is 2. The highest BCUT2D eigenvalue weighted by molar-refractivity contribution is 6.30. The van der Waals surface area contributed by atoms with E-state index in [0.717, 1.165) is 80.7 Å². The lowest BCUT2D eigenvalue weighted by Gasteiger charge is -2.31. The van der Waals surface area contributed by atoms with Gasteiger partial charge in [0.2, 0.25) is 5.91 Å². The number of esters is 1. The molecule has 0 aromatic heterocycles. The quantitative estimate of drug-likeness (QED) is 0.380. The molecule has 1 saturated carbocycles. The summed E-state index contributed by atoms with van der Waals surface area (Å²) in [5.74, 6) is -0.421. The van der Waals surface area contributed by atoms with Gasteiger partial charge in [0, 0.05) is 30.7 Å². The number of halogens is 1. The first-order chi connectivity index (χ1) is 19.4. The molecule has 5 rings (SSSR count). The Morgan fingerprint density at radius 1 is 1.05 bits per heavy atom. The molecule has 1 aliphatic carbocycles. The first-order valence-electron chi connectivity index (χ1n) is 14.4. The van der Waals surface area contributed by atoms with Crippen molar-refractivity contribution in [2.75, 3.05) is 31.6 Å². The third-order valence-electron chi connectivity index (χ3n) is 8.21. The zero-order chi connectivity index (χ0) is 28.1. The van der Waals surface area contributed by atoms with Gasteiger partial charge in [0.15, 0.2) is 5.60 Å². The zero-order valence-electron chi connectivity index (χ0n) is 23.2. The number of carbonyl (C=O) groups excluding carboxylic acids is 2. The van der Waals surface area contributed by atoms with Gasteiger partial charge in [0.25, 0.3) is 0 Å². The van der Waals surface area contributed by atoms with Crippen molar-refractivity contribution >= 4 is 29.2 Å². The number of amides is 1. The highest BCUT2D eigenvalue weighted by atomic mass is 35.5. The normalized spacial score (nSPS) is 23.5. The first kappa shape index (κ1) is 28.5. The average Bonchev–Trinajstić information content (AvgIpc) is 3.79. The van der Waals surface area contributed by atoms with Crippen LogP contribution in [-0.4, -0.2) is 54.7 Å². The monoisotopic (exact) mass is 566 g/mol. The van der Waals surface area contributed by atoms with Crippen LogP contribution in [0.2, 0.25) is 5.02 Å². The molecule has 0 radical (unpaired) electrons. The van der Waals surface area contributed by atoms with Crippen LogP contribution in [0.15, 0.2) is 48.6 Å². The summed E-state index contributed by atoms with van der Waals surface area (Å²) in [6.07, 6.45) is 11.5. The molecule has 2 aromatic rings. The molecule has 0 unspecified atom stereocenters. The number of aliphatic hydroxyl groups is 1. The van der Waals surface area contributed by atoms with Gasteiger partial charge in [-0.3, -0.25) is 4.79 Å². The minimum atomic E-state index is -2.11. The van der Waals surface area contributed by atoms with Crippen molar-refractivity contribution in [3.8, 4) is 5.75 Å². The van der Waals surface area contributed by atoms with Gasteiger partial charge >= 0.3 is 5.97 Å². The van der Waals surface area contributed by atoms with Crippen molar-refractivity contribution in [1.82, 2.24) is 4.90 Å². The van der Waals surface area contributed by atoms with Gasteiger partial charge in [0.05, 0.1) is 19.2 Å². The molecule has 2 aromatic carbocycles. The number of hydrogen-bond acceptors (Lipinski definition) is 6. The molecule has 40 heavy (non-hydrogen) atoms.